The molecule has 86 valence electrons. The number of carbonyl (C=O) groups excluding carboxylic acids is 2. The molecule has 0 bridgehead atoms. The quantitative estimate of drug-likeness (QED) is 0.444. The number of terminal acetylenes is 1. The molecular formula is C11H8ClN3O2. The van der Waals surface area contributed by atoms with Crippen molar-refractivity contribution in [3.8, 4) is 12.3 Å². The van der Waals surface area contributed by atoms with Crippen molar-refractivity contribution in [3.63, 3.8) is 0 Å². The standard InChI is InChI=1S/C11H8ClN3O2/c1-2-7-3-9(17)15(4-7)11-8(5-16)10(12)13-6-14-11/h1,5-7H,3-4H2. The van der Waals surface area contributed by atoms with Crippen molar-refractivity contribution >= 4 is 29.6 Å². The van der Waals surface area contributed by atoms with Gasteiger partial charge in [-0.15, -0.1) is 12.3 Å². The molecule has 17 heavy (non-hydrogen) atoms. The van der Waals surface area contributed by atoms with Crippen molar-refractivity contribution in [3.05, 3.63) is 17.0 Å². The average molecular weight is 250 g/mol. The smallest absolute Gasteiger partial charge is 0.229 e. The van der Waals surface area contributed by atoms with Crippen LogP contribution in [0.2, 0.25) is 5.15 Å². The number of aldehydes is 1. The highest BCUT2D eigenvalue weighted by molar-refractivity contribution is 6.32. The third kappa shape index (κ3) is 1.99. The summed E-state index contributed by atoms with van der Waals surface area (Å²) in [6, 6.07) is 0. The molecule has 1 fully saturated rings. The molecule has 6 heteroatoms. The molecule has 1 atom stereocenters. The molecule has 1 unspecified atom stereocenters. The Morgan fingerprint density at radius 2 is 2.35 bits per heavy atom. The number of amides is 1. The van der Waals surface area contributed by atoms with Crippen LogP contribution in [0.15, 0.2) is 6.33 Å². The molecule has 0 saturated carbocycles. The topological polar surface area (TPSA) is 63.2 Å². The lowest BCUT2D eigenvalue weighted by Crippen LogP contribution is -2.27. The summed E-state index contributed by atoms with van der Waals surface area (Å²) in [5.41, 5.74) is 0.111. The van der Waals surface area contributed by atoms with Crippen molar-refractivity contribution in [2.75, 3.05) is 11.4 Å². The molecular weight excluding hydrogens is 242 g/mol. The fraction of sp³-hybridized carbons (Fsp3) is 0.273. The van der Waals surface area contributed by atoms with Gasteiger partial charge in [-0.2, -0.15) is 0 Å². The molecule has 5 nitrogen and oxygen atoms in total. The monoisotopic (exact) mass is 249 g/mol. The van der Waals surface area contributed by atoms with E-state index in [4.69, 9.17) is 18.0 Å². The maximum absolute atomic E-state index is 11.7. The number of hydrogen-bond acceptors (Lipinski definition) is 4. The summed E-state index contributed by atoms with van der Waals surface area (Å²) in [5.74, 6) is 2.43. The lowest BCUT2D eigenvalue weighted by molar-refractivity contribution is -0.117. The molecule has 0 radical (unpaired) electrons. The maximum atomic E-state index is 11.7. The Morgan fingerprint density at radius 1 is 1.59 bits per heavy atom. The van der Waals surface area contributed by atoms with E-state index in [1.54, 1.807) is 0 Å². The van der Waals surface area contributed by atoms with E-state index in [0.29, 0.717) is 12.8 Å². The Labute approximate surface area is 103 Å². The van der Waals surface area contributed by atoms with Gasteiger partial charge in [-0.05, 0) is 0 Å². The molecule has 0 aromatic carbocycles. The van der Waals surface area contributed by atoms with Crippen LogP contribution in [-0.4, -0.2) is 28.7 Å². The van der Waals surface area contributed by atoms with Gasteiger partial charge < -0.3 is 0 Å². The first-order valence-corrected chi connectivity index (χ1v) is 5.27. The predicted octanol–water partition coefficient (Wildman–Crippen LogP) is 0.929. The van der Waals surface area contributed by atoms with E-state index in [9.17, 15) is 9.59 Å². The van der Waals surface area contributed by atoms with E-state index in [1.165, 1.54) is 11.2 Å². The molecule has 2 heterocycles. The molecule has 1 aliphatic rings. The van der Waals surface area contributed by atoms with Crippen LogP contribution in [0.3, 0.4) is 0 Å². The minimum absolute atomic E-state index is 0.0296. The van der Waals surface area contributed by atoms with Crippen molar-refractivity contribution in [1.29, 1.82) is 0 Å². The Balaban J connectivity index is 2.42. The van der Waals surface area contributed by atoms with Crippen LogP contribution in [0.4, 0.5) is 5.82 Å². The zero-order valence-electron chi connectivity index (χ0n) is 8.76. The SMILES string of the molecule is C#CC1CC(=O)N(c2ncnc(Cl)c2C=O)C1. The lowest BCUT2D eigenvalue weighted by Gasteiger charge is -2.16. The highest BCUT2D eigenvalue weighted by Crippen LogP contribution is 2.27. The van der Waals surface area contributed by atoms with Gasteiger partial charge >= 0.3 is 0 Å². The molecule has 1 aromatic heterocycles. The normalized spacial score (nSPS) is 19.2. The molecule has 0 N–H and O–H groups in total. The minimum atomic E-state index is -0.161. The molecule has 0 aliphatic carbocycles. The van der Waals surface area contributed by atoms with Gasteiger partial charge in [0.15, 0.2) is 12.1 Å². The lowest BCUT2D eigenvalue weighted by atomic mass is 10.1. The summed E-state index contributed by atoms with van der Waals surface area (Å²) >= 11 is 5.77. The predicted molar refractivity (Wildman–Crippen MR) is 61.7 cm³/mol. The number of hydrogen-bond donors (Lipinski definition) is 0. The number of anilines is 1. The highest BCUT2D eigenvalue weighted by Gasteiger charge is 2.32. The fourth-order valence-corrected chi connectivity index (χ4v) is 1.88. The Morgan fingerprint density at radius 3 is 2.94 bits per heavy atom. The van der Waals surface area contributed by atoms with Gasteiger partial charge in [-0.1, -0.05) is 11.6 Å². The average Bonchev–Trinajstić information content (AvgIpc) is 2.70. The number of carbonyl (C=O) groups is 2. The fourth-order valence-electron chi connectivity index (χ4n) is 1.71. The Hall–Kier alpha value is -1.93. The van der Waals surface area contributed by atoms with Gasteiger partial charge in [0.25, 0.3) is 0 Å². The second-order valence-corrected chi connectivity index (χ2v) is 3.95. The summed E-state index contributed by atoms with van der Waals surface area (Å²) in [4.78, 5) is 31.6. The van der Waals surface area contributed by atoms with E-state index in [2.05, 4.69) is 15.9 Å². The first-order chi connectivity index (χ1) is 8.17. The van der Waals surface area contributed by atoms with Gasteiger partial charge in [0.2, 0.25) is 5.91 Å². The van der Waals surface area contributed by atoms with E-state index in [1.807, 2.05) is 0 Å². The summed E-state index contributed by atoms with van der Waals surface area (Å²) in [7, 11) is 0. The summed E-state index contributed by atoms with van der Waals surface area (Å²) in [6.45, 7) is 0.351. The van der Waals surface area contributed by atoms with Crippen molar-refractivity contribution < 1.29 is 9.59 Å². The van der Waals surface area contributed by atoms with E-state index >= 15 is 0 Å². The first-order valence-electron chi connectivity index (χ1n) is 4.89. The Bertz CT molecular complexity index is 524. The first kappa shape index (κ1) is 11.6. The number of nitrogens with zero attached hydrogens (tertiary/aromatic N) is 3. The van der Waals surface area contributed by atoms with Gasteiger partial charge in [0, 0.05) is 18.9 Å². The maximum Gasteiger partial charge on any atom is 0.229 e. The molecule has 1 aliphatic heterocycles. The number of halogens is 1. The van der Waals surface area contributed by atoms with Gasteiger partial charge in [0.05, 0.1) is 5.56 Å². The van der Waals surface area contributed by atoms with Gasteiger partial charge in [-0.3, -0.25) is 14.5 Å². The van der Waals surface area contributed by atoms with Crippen molar-refractivity contribution in [2.45, 2.75) is 6.42 Å². The van der Waals surface area contributed by atoms with Crippen molar-refractivity contribution in [1.82, 2.24) is 9.97 Å². The van der Waals surface area contributed by atoms with E-state index in [0.717, 1.165) is 0 Å². The second-order valence-electron chi connectivity index (χ2n) is 3.59. The third-order valence-electron chi connectivity index (χ3n) is 2.55. The van der Waals surface area contributed by atoms with Crippen molar-refractivity contribution in [2.24, 2.45) is 5.92 Å². The van der Waals surface area contributed by atoms with Gasteiger partial charge in [-0.25, -0.2) is 9.97 Å². The van der Waals surface area contributed by atoms with Crippen LogP contribution in [0.5, 0.6) is 0 Å². The molecule has 0 spiro atoms. The van der Waals surface area contributed by atoms with Gasteiger partial charge in [0.1, 0.15) is 11.5 Å². The van der Waals surface area contributed by atoms with Crippen LogP contribution >= 0.6 is 11.6 Å². The number of rotatable bonds is 2. The molecule has 1 aromatic rings. The van der Waals surface area contributed by atoms with Crippen LogP contribution in [0, 0.1) is 18.3 Å². The largest absolute Gasteiger partial charge is 0.298 e. The van der Waals surface area contributed by atoms with Crippen LogP contribution in [0.25, 0.3) is 0 Å². The summed E-state index contributed by atoms with van der Waals surface area (Å²) in [5, 5.41) is 0.0296. The van der Waals surface area contributed by atoms with Crippen LogP contribution in [-0.2, 0) is 4.79 Å². The van der Waals surface area contributed by atoms with Crippen LogP contribution < -0.4 is 4.90 Å². The van der Waals surface area contributed by atoms with E-state index in [-0.39, 0.29) is 34.8 Å². The zero-order valence-corrected chi connectivity index (χ0v) is 9.52. The Kier molecular flexibility index (Phi) is 3.07. The van der Waals surface area contributed by atoms with E-state index < -0.39 is 0 Å². The summed E-state index contributed by atoms with van der Waals surface area (Å²) < 4.78 is 0. The summed E-state index contributed by atoms with van der Waals surface area (Å²) in [6.07, 6.45) is 7.29. The zero-order chi connectivity index (χ0) is 12.4. The highest BCUT2D eigenvalue weighted by atomic mass is 35.5. The second kappa shape index (κ2) is 4.52. The number of aromatic nitrogens is 2. The minimum Gasteiger partial charge on any atom is -0.298 e. The third-order valence-corrected chi connectivity index (χ3v) is 2.85. The molecule has 1 saturated heterocycles. The molecule has 1 amide bonds. The van der Waals surface area contributed by atoms with Crippen LogP contribution in [0.1, 0.15) is 16.8 Å². The molecule has 2 rings (SSSR count).